The van der Waals surface area contributed by atoms with Crippen LogP contribution < -0.4 is 5.73 Å². The van der Waals surface area contributed by atoms with E-state index in [1.54, 1.807) is 0 Å². The Morgan fingerprint density at radius 2 is 1.53 bits per heavy atom. The molecule has 1 atom stereocenters. The quantitative estimate of drug-likeness (QED) is 0.661. The Bertz CT molecular complexity index is 144. The van der Waals surface area contributed by atoms with Gasteiger partial charge in [-0.1, -0.05) is 26.7 Å². The molecule has 3 heteroatoms. The Morgan fingerprint density at radius 3 is 1.87 bits per heavy atom. The van der Waals surface area contributed by atoms with E-state index in [0.717, 1.165) is 25.6 Å². The highest BCUT2D eigenvalue weighted by Gasteiger charge is 2.20. The highest BCUT2D eigenvalue weighted by Crippen LogP contribution is 2.16. The molecule has 2 N–H and O–H groups in total. The van der Waals surface area contributed by atoms with Crippen LogP contribution in [0.3, 0.4) is 0 Å². The van der Waals surface area contributed by atoms with E-state index < -0.39 is 0 Å². The van der Waals surface area contributed by atoms with Crippen molar-refractivity contribution in [2.24, 2.45) is 11.7 Å². The summed E-state index contributed by atoms with van der Waals surface area (Å²) in [6.45, 7) is 7.50. The molecule has 92 valence electrons. The minimum absolute atomic E-state index is 0.542. The first-order valence-corrected chi connectivity index (χ1v) is 6.11. The molecule has 0 saturated heterocycles. The van der Waals surface area contributed by atoms with E-state index in [2.05, 4.69) is 44.8 Å². The second-order valence-electron chi connectivity index (χ2n) is 4.66. The molecule has 0 bridgehead atoms. The van der Waals surface area contributed by atoms with Crippen molar-refractivity contribution in [3.63, 3.8) is 0 Å². The minimum atomic E-state index is 0.542. The standard InChI is InChI=1S/C12H29N3/c1-6-11(7-2)12(10-13)15(5)9-8-14(3)4/h11-12H,6-10,13H2,1-5H3. The van der Waals surface area contributed by atoms with Gasteiger partial charge in [0, 0.05) is 25.7 Å². The van der Waals surface area contributed by atoms with Crippen molar-refractivity contribution in [3.8, 4) is 0 Å². The molecular weight excluding hydrogens is 186 g/mol. The zero-order chi connectivity index (χ0) is 11.8. The number of likely N-dealkylation sites (N-methyl/N-ethyl adjacent to an activating group) is 2. The lowest BCUT2D eigenvalue weighted by atomic mass is 9.93. The van der Waals surface area contributed by atoms with E-state index in [1.807, 2.05) is 0 Å². The van der Waals surface area contributed by atoms with Crippen LogP contribution in [-0.4, -0.2) is 56.6 Å². The summed E-state index contributed by atoms with van der Waals surface area (Å²) >= 11 is 0. The van der Waals surface area contributed by atoms with Gasteiger partial charge in [-0.3, -0.25) is 0 Å². The molecule has 0 rings (SSSR count). The Morgan fingerprint density at radius 1 is 1.00 bits per heavy atom. The highest BCUT2D eigenvalue weighted by molar-refractivity contribution is 4.77. The predicted molar refractivity (Wildman–Crippen MR) is 68.1 cm³/mol. The van der Waals surface area contributed by atoms with Crippen molar-refractivity contribution in [1.29, 1.82) is 0 Å². The third kappa shape index (κ3) is 5.50. The van der Waals surface area contributed by atoms with Crippen molar-refractivity contribution < 1.29 is 0 Å². The Labute approximate surface area is 95.6 Å². The summed E-state index contributed by atoms with van der Waals surface area (Å²) < 4.78 is 0. The SMILES string of the molecule is CCC(CC)C(CN)N(C)CCN(C)C. The number of hydrogen-bond acceptors (Lipinski definition) is 3. The van der Waals surface area contributed by atoms with Crippen LogP contribution in [0.15, 0.2) is 0 Å². The summed E-state index contributed by atoms with van der Waals surface area (Å²) in [5.74, 6) is 0.738. The zero-order valence-electron chi connectivity index (χ0n) is 11.2. The number of hydrogen-bond donors (Lipinski definition) is 1. The van der Waals surface area contributed by atoms with Gasteiger partial charge in [-0.05, 0) is 27.1 Å². The first-order valence-electron chi connectivity index (χ1n) is 6.11. The van der Waals surface area contributed by atoms with Crippen molar-refractivity contribution in [2.75, 3.05) is 40.8 Å². The van der Waals surface area contributed by atoms with E-state index in [-0.39, 0.29) is 0 Å². The van der Waals surface area contributed by atoms with Gasteiger partial charge in [0.2, 0.25) is 0 Å². The van der Waals surface area contributed by atoms with Crippen molar-refractivity contribution in [1.82, 2.24) is 9.80 Å². The van der Waals surface area contributed by atoms with Gasteiger partial charge in [0.15, 0.2) is 0 Å². The van der Waals surface area contributed by atoms with E-state index in [4.69, 9.17) is 5.73 Å². The summed E-state index contributed by atoms with van der Waals surface area (Å²) in [7, 11) is 6.42. The van der Waals surface area contributed by atoms with Crippen LogP contribution in [0.1, 0.15) is 26.7 Å². The Balaban J connectivity index is 4.13. The Kier molecular flexibility index (Phi) is 8.02. The van der Waals surface area contributed by atoms with Crippen LogP contribution in [0.4, 0.5) is 0 Å². The van der Waals surface area contributed by atoms with Gasteiger partial charge in [-0.25, -0.2) is 0 Å². The largest absolute Gasteiger partial charge is 0.329 e. The molecule has 0 radical (unpaired) electrons. The van der Waals surface area contributed by atoms with Crippen LogP contribution in [0.25, 0.3) is 0 Å². The lowest BCUT2D eigenvalue weighted by molar-refractivity contribution is 0.160. The van der Waals surface area contributed by atoms with Crippen molar-refractivity contribution in [2.45, 2.75) is 32.7 Å². The molecule has 0 aromatic heterocycles. The van der Waals surface area contributed by atoms with Gasteiger partial charge in [0.05, 0.1) is 0 Å². The molecule has 0 aliphatic heterocycles. The normalized spacial score (nSPS) is 14.2. The monoisotopic (exact) mass is 215 g/mol. The molecule has 0 spiro atoms. The summed E-state index contributed by atoms with van der Waals surface area (Å²) in [4.78, 5) is 4.63. The minimum Gasteiger partial charge on any atom is -0.329 e. The van der Waals surface area contributed by atoms with E-state index in [1.165, 1.54) is 12.8 Å². The zero-order valence-corrected chi connectivity index (χ0v) is 11.2. The van der Waals surface area contributed by atoms with Crippen LogP contribution in [-0.2, 0) is 0 Å². The molecule has 1 unspecified atom stereocenters. The topological polar surface area (TPSA) is 32.5 Å². The van der Waals surface area contributed by atoms with E-state index in [0.29, 0.717) is 6.04 Å². The lowest BCUT2D eigenvalue weighted by Gasteiger charge is -2.33. The maximum atomic E-state index is 5.88. The molecule has 0 aliphatic rings. The van der Waals surface area contributed by atoms with E-state index >= 15 is 0 Å². The van der Waals surface area contributed by atoms with Crippen LogP contribution in [0, 0.1) is 5.92 Å². The average Bonchev–Trinajstić information content (AvgIpc) is 2.22. The molecule has 0 aromatic carbocycles. The number of rotatable bonds is 8. The molecule has 0 aromatic rings. The lowest BCUT2D eigenvalue weighted by Crippen LogP contribution is -2.45. The van der Waals surface area contributed by atoms with Crippen molar-refractivity contribution >= 4 is 0 Å². The molecule has 0 amide bonds. The van der Waals surface area contributed by atoms with Gasteiger partial charge in [0.25, 0.3) is 0 Å². The third-order valence-corrected chi connectivity index (χ3v) is 3.30. The Hall–Kier alpha value is -0.120. The van der Waals surface area contributed by atoms with Gasteiger partial charge in [0.1, 0.15) is 0 Å². The van der Waals surface area contributed by atoms with Gasteiger partial charge in [-0.15, -0.1) is 0 Å². The fourth-order valence-corrected chi connectivity index (χ4v) is 2.09. The summed E-state index contributed by atoms with van der Waals surface area (Å²) in [6, 6.07) is 0.542. The fourth-order valence-electron chi connectivity index (χ4n) is 2.09. The molecule has 0 aliphatic carbocycles. The van der Waals surface area contributed by atoms with Crippen molar-refractivity contribution in [3.05, 3.63) is 0 Å². The molecule has 0 fully saturated rings. The smallest absolute Gasteiger partial charge is 0.0243 e. The predicted octanol–water partition coefficient (Wildman–Crippen LogP) is 1.24. The molecule has 0 heterocycles. The van der Waals surface area contributed by atoms with Crippen LogP contribution in [0.5, 0.6) is 0 Å². The third-order valence-electron chi connectivity index (χ3n) is 3.30. The molecule has 3 nitrogen and oxygen atoms in total. The summed E-state index contributed by atoms with van der Waals surface area (Å²) in [5.41, 5.74) is 5.88. The maximum Gasteiger partial charge on any atom is 0.0243 e. The second kappa shape index (κ2) is 8.08. The van der Waals surface area contributed by atoms with Gasteiger partial charge >= 0.3 is 0 Å². The maximum absolute atomic E-state index is 5.88. The van der Waals surface area contributed by atoms with Crippen LogP contribution in [0.2, 0.25) is 0 Å². The fraction of sp³-hybridized carbons (Fsp3) is 1.00. The molecule has 15 heavy (non-hydrogen) atoms. The van der Waals surface area contributed by atoms with E-state index in [9.17, 15) is 0 Å². The summed E-state index contributed by atoms with van der Waals surface area (Å²) in [6.07, 6.45) is 2.45. The first-order chi connectivity index (χ1) is 7.06. The molecule has 0 saturated carbocycles. The molecular formula is C12H29N3. The number of nitrogens with two attached hydrogens (primary N) is 1. The van der Waals surface area contributed by atoms with Gasteiger partial charge < -0.3 is 15.5 Å². The average molecular weight is 215 g/mol. The first kappa shape index (κ1) is 14.9. The summed E-state index contributed by atoms with van der Waals surface area (Å²) in [5, 5.41) is 0. The number of nitrogens with zero attached hydrogens (tertiary/aromatic N) is 2. The van der Waals surface area contributed by atoms with Gasteiger partial charge in [-0.2, -0.15) is 0 Å². The van der Waals surface area contributed by atoms with Crippen LogP contribution >= 0.6 is 0 Å². The second-order valence-corrected chi connectivity index (χ2v) is 4.66. The highest BCUT2D eigenvalue weighted by atomic mass is 15.2.